The van der Waals surface area contributed by atoms with Crippen LogP contribution >= 0.6 is 0 Å². The summed E-state index contributed by atoms with van der Waals surface area (Å²) in [7, 11) is 0. The lowest BCUT2D eigenvalue weighted by atomic mass is 10.1. The molecule has 0 spiro atoms. The Morgan fingerprint density at radius 3 is 2.69 bits per heavy atom. The van der Waals surface area contributed by atoms with Crippen LogP contribution in [0.5, 0.6) is 0 Å². The van der Waals surface area contributed by atoms with Crippen LogP contribution in [0.3, 0.4) is 0 Å². The van der Waals surface area contributed by atoms with Crippen LogP contribution in [0.4, 0.5) is 17.1 Å². The number of anilines is 3. The first kappa shape index (κ1) is 19.7. The fraction of sp³-hybridized carbons (Fsp3) is 0.0741. The number of carbonyl (C=O) groups excluding carboxylic acids is 1. The highest BCUT2D eigenvalue weighted by Gasteiger charge is 2.16. The van der Waals surface area contributed by atoms with Gasteiger partial charge in [0.1, 0.15) is 0 Å². The third kappa shape index (κ3) is 4.14. The predicted octanol–water partition coefficient (Wildman–Crippen LogP) is 6.02. The van der Waals surface area contributed by atoms with Crippen LogP contribution in [0.2, 0.25) is 0 Å². The number of carbonyl (C=O) groups is 1. The number of benzene rings is 2. The third-order valence-corrected chi connectivity index (χ3v) is 5.37. The minimum atomic E-state index is -0.143. The average molecular weight is 419 g/mol. The lowest BCUT2D eigenvalue weighted by molar-refractivity contribution is 0.102. The van der Waals surface area contributed by atoms with Crippen molar-refractivity contribution < 1.29 is 4.79 Å². The molecule has 0 unspecified atom stereocenters. The van der Waals surface area contributed by atoms with E-state index >= 15 is 0 Å². The number of hydrogen-bond donors (Lipinski definition) is 2. The van der Waals surface area contributed by atoms with Crippen LogP contribution < -0.4 is 10.6 Å². The maximum atomic E-state index is 12.8. The SMILES string of the molecule is Cc1cccc(NC(=O)c2cccc(Nc3cc(-c4cccnc4)nc4c3C=CC4)c2)c1. The summed E-state index contributed by atoms with van der Waals surface area (Å²) in [6.45, 7) is 2.00. The van der Waals surface area contributed by atoms with Crippen molar-refractivity contribution in [1.82, 2.24) is 9.97 Å². The smallest absolute Gasteiger partial charge is 0.255 e. The first-order valence-electron chi connectivity index (χ1n) is 10.5. The van der Waals surface area contributed by atoms with Gasteiger partial charge in [0.2, 0.25) is 0 Å². The van der Waals surface area contributed by atoms with E-state index in [2.05, 4.69) is 27.8 Å². The minimum absolute atomic E-state index is 0.143. The molecule has 0 saturated heterocycles. The van der Waals surface area contributed by atoms with E-state index in [4.69, 9.17) is 4.98 Å². The molecule has 1 aliphatic rings. The number of amides is 1. The summed E-state index contributed by atoms with van der Waals surface area (Å²) in [5, 5.41) is 6.46. The predicted molar refractivity (Wildman–Crippen MR) is 129 cm³/mol. The van der Waals surface area contributed by atoms with Gasteiger partial charge in [-0.15, -0.1) is 0 Å². The Bertz CT molecular complexity index is 1330. The number of rotatable bonds is 5. The molecule has 5 heteroatoms. The molecule has 2 aromatic carbocycles. The van der Waals surface area contributed by atoms with Gasteiger partial charge in [0, 0.05) is 52.6 Å². The molecule has 2 aromatic heterocycles. The molecule has 5 nitrogen and oxygen atoms in total. The van der Waals surface area contributed by atoms with E-state index in [1.54, 1.807) is 6.20 Å². The standard InChI is InChI=1S/C27H22N4O/c1-18-6-2-9-21(14-18)30-27(32)19-7-3-10-22(15-19)29-26-16-25(20-8-5-13-28-17-20)31-24-12-4-11-23(24)26/h2-11,13-17H,12H2,1H3,(H,29,31)(H,30,32). The number of fused-ring (bicyclic) bond motifs is 1. The van der Waals surface area contributed by atoms with Gasteiger partial charge in [0.15, 0.2) is 0 Å². The Morgan fingerprint density at radius 2 is 1.84 bits per heavy atom. The molecule has 2 N–H and O–H groups in total. The summed E-state index contributed by atoms with van der Waals surface area (Å²) in [6, 6.07) is 21.2. The van der Waals surface area contributed by atoms with Crippen LogP contribution in [-0.2, 0) is 6.42 Å². The zero-order valence-corrected chi connectivity index (χ0v) is 17.7. The Balaban J connectivity index is 1.43. The van der Waals surface area contributed by atoms with E-state index in [-0.39, 0.29) is 5.91 Å². The molecule has 32 heavy (non-hydrogen) atoms. The molecule has 1 aliphatic carbocycles. The Kier molecular flexibility index (Phi) is 5.22. The minimum Gasteiger partial charge on any atom is -0.355 e. The average Bonchev–Trinajstić information content (AvgIpc) is 3.29. The van der Waals surface area contributed by atoms with Crippen LogP contribution in [0.15, 0.2) is 85.2 Å². The first-order chi connectivity index (χ1) is 15.7. The van der Waals surface area contributed by atoms with Gasteiger partial charge in [0.25, 0.3) is 5.91 Å². The Morgan fingerprint density at radius 1 is 0.969 bits per heavy atom. The molecule has 0 fully saturated rings. The van der Waals surface area contributed by atoms with E-state index in [1.807, 2.05) is 79.9 Å². The fourth-order valence-corrected chi connectivity index (χ4v) is 3.82. The highest BCUT2D eigenvalue weighted by molar-refractivity contribution is 6.05. The monoisotopic (exact) mass is 418 g/mol. The van der Waals surface area contributed by atoms with E-state index in [1.165, 1.54) is 0 Å². The van der Waals surface area contributed by atoms with Crippen molar-refractivity contribution in [3.63, 3.8) is 0 Å². The Hall–Kier alpha value is -4.25. The summed E-state index contributed by atoms with van der Waals surface area (Å²) in [5.74, 6) is -0.143. The molecular weight excluding hydrogens is 396 g/mol. The van der Waals surface area contributed by atoms with E-state index in [0.717, 1.165) is 51.6 Å². The number of nitrogens with one attached hydrogen (secondary N) is 2. The zero-order valence-electron chi connectivity index (χ0n) is 17.7. The third-order valence-electron chi connectivity index (χ3n) is 5.37. The summed E-state index contributed by atoms with van der Waals surface area (Å²) < 4.78 is 0. The molecule has 156 valence electrons. The van der Waals surface area contributed by atoms with Crippen LogP contribution in [0, 0.1) is 6.92 Å². The number of aromatic nitrogens is 2. The van der Waals surface area contributed by atoms with Gasteiger partial charge in [-0.2, -0.15) is 0 Å². The molecule has 0 atom stereocenters. The first-order valence-corrected chi connectivity index (χ1v) is 10.5. The number of pyridine rings is 2. The Labute approximate surface area is 186 Å². The molecular formula is C27H22N4O. The molecule has 5 rings (SSSR count). The van der Waals surface area contributed by atoms with Crippen molar-refractivity contribution >= 4 is 29.0 Å². The summed E-state index contributed by atoms with van der Waals surface area (Å²) in [5.41, 5.74) is 8.22. The quantitative estimate of drug-likeness (QED) is 0.416. The molecule has 0 aliphatic heterocycles. The van der Waals surface area contributed by atoms with Crippen molar-refractivity contribution in [3.8, 4) is 11.3 Å². The maximum absolute atomic E-state index is 12.8. The van der Waals surface area contributed by atoms with Crippen molar-refractivity contribution in [2.75, 3.05) is 10.6 Å². The summed E-state index contributed by atoms with van der Waals surface area (Å²) >= 11 is 0. The van der Waals surface area contributed by atoms with Crippen molar-refractivity contribution in [1.29, 1.82) is 0 Å². The largest absolute Gasteiger partial charge is 0.355 e. The number of allylic oxidation sites excluding steroid dienone is 1. The van der Waals surface area contributed by atoms with Crippen LogP contribution in [0.25, 0.3) is 17.3 Å². The van der Waals surface area contributed by atoms with Crippen LogP contribution in [0.1, 0.15) is 27.2 Å². The lowest BCUT2D eigenvalue weighted by Gasteiger charge is -2.14. The lowest BCUT2D eigenvalue weighted by Crippen LogP contribution is -2.12. The molecule has 0 radical (unpaired) electrons. The van der Waals surface area contributed by atoms with E-state index < -0.39 is 0 Å². The molecule has 2 heterocycles. The highest BCUT2D eigenvalue weighted by atomic mass is 16.1. The van der Waals surface area contributed by atoms with Gasteiger partial charge in [-0.3, -0.25) is 14.8 Å². The molecule has 0 saturated carbocycles. The van der Waals surface area contributed by atoms with Crippen molar-refractivity contribution in [2.45, 2.75) is 13.3 Å². The van der Waals surface area contributed by atoms with Gasteiger partial charge in [-0.25, -0.2) is 0 Å². The molecule has 0 bridgehead atoms. The zero-order chi connectivity index (χ0) is 21.9. The number of nitrogens with zero attached hydrogens (tertiary/aromatic N) is 2. The van der Waals surface area contributed by atoms with E-state index in [9.17, 15) is 4.79 Å². The highest BCUT2D eigenvalue weighted by Crippen LogP contribution is 2.32. The number of hydrogen-bond acceptors (Lipinski definition) is 4. The summed E-state index contributed by atoms with van der Waals surface area (Å²) in [4.78, 5) is 21.8. The second kappa shape index (κ2) is 8.47. The van der Waals surface area contributed by atoms with Gasteiger partial charge in [-0.1, -0.05) is 30.4 Å². The van der Waals surface area contributed by atoms with Gasteiger partial charge >= 0.3 is 0 Å². The van der Waals surface area contributed by atoms with E-state index in [0.29, 0.717) is 5.56 Å². The summed E-state index contributed by atoms with van der Waals surface area (Å²) in [6.07, 6.45) is 8.58. The molecule has 4 aromatic rings. The molecule has 1 amide bonds. The fourth-order valence-electron chi connectivity index (χ4n) is 3.82. The second-order valence-corrected chi connectivity index (χ2v) is 7.79. The van der Waals surface area contributed by atoms with Gasteiger partial charge < -0.3 is 10.6 Å². The topological polar surface area (TPSA) is 66.9 Å². The van der Waals surface area contributed by atoms with Crippen molar-refractivity contribution in [2.24, 2.45) is 0 Å². The van der Waals surface area contributed by atoms with Gasteiger partial charge in [-0.05, 0) is 61.0 Å². The second-order valence-electron chi connectivity index (χ2n) is 7.79. The van der Waals surface area contributed by atoms with Crippen LogP contribution in [-0.4, -0.2) is 15.9 Å². The van der Waals surface area contributed by atoms with Gasteiger partial charge in [0.05, 0.1) is 11.4 Å². The maximum Gasteiger partial charge on any atom is 0.255 e. The normalized spacial score (nSPS) is 11.8. The number of aryl methyl sites for hydroxylation is 1. The van der Waals surface area contributed by atoms with Crippen molar-refractivity contribution in [3.05, 3.63) is 108 Å².